The SMILES string of the molecule is CSCOC(=O)C(F)(F)F. The molecule has 6 heteroatoms. The molecule has 0 aliphatic carbocycles. The van der Waals surface area contributed by atoms with Gasteiger partial charge in [-0.1, -0.05) is 0 Å². The van der Waals surface area contributed by atoms with Crippen LogP contribution in [0.3, 0.4) is 0 Å². The summed E-state index contributed by atoms with van der Waals surface area (Å²) in [5.74, 6) is -2.40. The van der Waals surface area contributed by atoms with Gasteiger partial charge in [-0.3, -0.25) is 0 Å². The minimum atomic E-state index is -4.87. The molecule has 0 heterocycles. The Morgan fingerprint density at radius 1 is 1.60 bits per heavy atom. The lowest BCUT2D eigenvalue weighted by Crippen LogP contribution is -2.25. The Hall–Kier alpha value is -0.390. The molecule has 0 atom stereocenters. The Morgan fingerprint density at radius 2 is 2.10 bits per heavy atom. The second-order valence-electron chi connectivity index (χ2n) is 1.34. The van der Waals surface area contributed by atoms with Gasteiger partial charge in [-0.15, -0.1) is 11.8 Å². The van der Waals surface area contributed by atoms with Crippen LogP contribution in [0.15, 0.2) is 0 Å². The second-order valence-corrected chi connectivity index (χ2v) is 2.15. The van der Waals surface area contributed by atoms with Gasteiger partial charge in [-0.2, -0.15) is 13.2 Å². The van der Waals surface area contributed by atoms with Crippen LogP contribution < -0.4 is 0 Å². The third-order valence-electron chi connectivity index (χ3n) is 0.539. The number of rotatable bonds is 2. The molecule has 0 fully saturated rings. The highest BCUT2D eigenvalue weighted by Crippen LogP contribution is 2.16. The molecule has 0 spiro atoms. The molecule has 10 heavy (non-hydrogen) atoms. The normalized spacial score (nSPS) is 11.2. The summed E-state index contributed by atoms with van der Waals surface area (Å²) in [7, 11) is 0. The minimum absolute atomic E-state index is 0.266. The van der Waals surface area contributed by atoms with E-state index in [1.165, 1.54) is 6.26 Å². The number of hydrogen-bond donors (Lipinski definition) is 0. The fourth-order valence-corrected chi connectivity index (χ4v) is 0.419. The van der Waals surface area contributed by atoms with Gasteiger partial charge in [-0.25, -0.2) is 4.79 Å². The first kappa shape index (κ1) is 9.61. The van der Waals surface area contributed by atoms with E-state index in [4.69, 9.17) is 0 Å². The molecule has 0 radical (unpaired) electrons. The molecule has 0 aliphatic heterocycles. The Kier molecular flexibility index (Phi) is 3.55. The van der Waals surface area contributed by atoms with Crippen LogP contribution in [0.2, 0.25) is 0 Å². The molecule has 0 bridgehead atoms. The van der Waals surface area contributed by atoms with Gasteiger partial charge < -0.3 is 4.74 Å². The van der Waals surface area contributed by atoms with E-state index in [2.05, 4.69) is 4.74 Å². The van der Waals surface area contributed by atoms with E-state index < -0.39 is 12.1 Å². The molecule has 0 amide bonds. The van der Waals surface area contributed by atoms with Crippen molar-refractivity contribution in [1.29, 1.82) is 0 Å². The first-order valence-electron chi connectivity index (χ1n) is 2.21. The van der Waals surface area contributed by atoms with E-state index in [9.17, 15) is 18.0 Å². The summed E-state index contributed by atoms with van der Waals surface area (Å²) in [6.45, 7) is 0. The molecule has 0 saturated carbocycles. The lowest BCUT2D eigenvalue weighted by molar-refractivity contribution is -0.197. The highest BCUT2D eigenvalue weighted by atomic mass is 32.2. The van der Waals surface area contributed by atoms with Crippen LogP contribution in [-0.2, 0) is 9.53 Å². The molecule has 0 aromatic carbocycles. The fraction of sp³-hybridized carbons (Fsp3) is 0.750. The standard InChI is InChI=1S/C4H5F3O2S/c1-10-2-9-3(8)4(5,6)7/h2H2,1H3. The van der Waals surface area contributed by atoms with Gasteiger partial charge in [0.1, 0.15) is 5.94 Å². The van der Waals surface area contributed by atoms with Crippen LogP contribution in [0.4, 0.5) is 13.2 Å². The molecular formula is C4H5F3O2S. The monoisotopic (exact) mass is 174 g/mol. The largest absolute Gasteiger partial charge is 0.490 e. The van der Waals surface area contributed by atoms with Crippen LogP contribution in [0, 0.1) is 0 Å². The highest BCUT2D eigenvalue weighted by Gasteiger charge is 2.40. The van der Waals surface area contributed by atoms with Crippen LogP contribution in [0.1, 0.15) is 0 Å². The van der Waals surface area contributed by atoms with E-state index in [1.807, 2.05) is 0 Å². The molecule has 0 rings (SSSR count). The Bertz CT molecular complexity index is 122. The number of ether oxygens (including phenoxy) is 1. The lowest BCUT2D eigenvalue weighted by Gasteiger charge is -2.04. The maximum absolute atomic E-state index is 11.3. The molecule has 0 unspecified atom stereocenters. The second kappa shape index (κ2) is 3.70. The van der Waals surface area contributed by atoms with Crippen molar-refractivity contribution in [2.24, 2.45) is 0 Å². The molecule has 2 nitrogen and oxygen atoms in total. The van der Waals surface area contributed by atoms with Crippen molar-refractivity contribution in [3.63, 3.8) is 0 Å². The van der Waals surface area contributed by atoms with Crippen LogP contribution >= 0.6 is 11.8 Å². The molecule has 0 saturated heterocycles. The maximum atomic E-state index is 11.3. The van der Waals surface area contributed by atoms with Crippen LogP contribution in [-0.4, -0.2) is 24.3 Å². The Morgan fingerprint density at radius 3 is 2.40 bits per heavy atom. The molecule has 0 aliphatic rings. The number of thioether (sulfide) groups is 1. The average Bonchev–Trinajstić information content (AvgIpc) is 1.80. The predicted octanol–water partition coefficient (Wildman–Crippen LogP) is 1.41. The van der Waals surface area contributed by atoms with Gasteiger partial charge in [0.25, 0.3) is 0 Å². The molecular weight excluding hydrogens is 169 g/mol. The Labute approximate surface area is 59.7 Å². The minimum Gasteiger partial charge on any atom is -0.448 e. The first-order valence-corrected chi connectivity index (χ1v) is 3.60. The third-order valence-corrected chi connectivity index (χ3v) is 0.893. The number of alkyl halides is 3. The van der Waals surface area contributed by atoms with Crippen LogP contribution in [0.5, 0.6) is 0 Å². The number of halogens is 3. The quantitative estimate of drug-likeness (QED) is 0.467. The van der Waals surface area contributed by atoms with Gasteiger partial charge in [-0.05, 0) is 6.26 Å². The van der Waals surface area contributed by atoms with Gasteiger partial charge in [0.2, 0.25) is 0 Å². The summed E-state index contributed by atoms with van der Waals surface area (Å²) in [6.07, 6.45) is -3.33. The van der Waals surface area contributed by atoms with E-state index >= 15 is 0 Å². The van der Waals surface area contributed by atoms with Gasteiger partial charge in [0.05, 0.1) is 0 Å². The molecule has 0 aromatic heterocycles. The summed E-state index contributed by atoms with van der Waals surface area (Å²) in [5, 5.41) is 0. The summed E-state index contributed by atoms with van der Waals surface area (Å²) in [5.41, 5.74) is 0. The number of hydrogen-bond acceptors (Lipinski definition) is 3. The summed E-state index contributed by atoms with van der Waals surface area (Å²) in [6, 6.07) is 0. The average molecular weight is 174 g/mol. The predicted molar refractivity (Wildman–Crippen MR) is 30.5 cm³/mol. The topological polar surface area (TPSA) is 26.3 Å². The van der Waals surface area contributed by atoms with Crippen molar-refractivity contribution in [2.75, 3.05) is 12.2 Å². The van der Waals surface area contributed by atoms with Crippen molar-refractivity contribution in [3.8, 4) is 0 Å². The number of carbonyl (C=O) groups excluding carboxylic acids is 1. The zero-order valence-electron chi connectivity index (χ0n) is 5.07. The number of esters is 1. The van der Waals surface area contributed by atoms with E-state index in [0.717, 1.165) is 11.8 Å². The summed E-state index contributed by atoms with van der Waals surface area (Å²) < 4.78 is 37.6. The molecule has 0 aromatic rings. The summed E-state index contributed by atoms with van der Waals surface area (Å²) >= 11 is 1.00. The van der Waals surface area contributed by atoms with Gasteiger partial charge in [0.15, 0.2) is 0 Å². The van der Waals surface area contributed by atoms with Gasteiger partial charge in [0, 0.05) is 0 Å². The first-order chi connectivity index (χ1) is 4.48. The zero-order valence-corrected chi connectivity index (χ0v) is 5.88. The van der Waals surface area contributed by atoms with E-state index in [-0.39, 0.29) is 5.94 Å². The smallest absolute Gasteiger partial charge is 0.448 e. The van der Waals surface area contributed by atoms with Crippen molar-refractivity contribution in [3.05, 3.63) is 0 Å². The van der Waals surface area contributed by atoms with Crippen LogP contribution in [0.25, 0.3) is 0 Å². The fourth-order valence-electron chi connectivity index (χ4n) is 0.194. The van der Waals surface area contributed by atoms with E-state index in [1.54, 1.807) is 0 Å². The highest BCUT2D eigenvalue weighted by molar-refractivity contribution is 7.98. The zero-order chi connectivity index (χ0) is 8.20. The van der Waals surface area contributed by atoms with E-state index in [0.29, 0.717) is 0 Å². The molecule has 60 valence electrons. The van der Waals surface area contributed by atoms with Gasteiger partial charge >= 0.3 is 12.1 Å². The maximum Gasteiger partial charge on any atom is 0.490 e. The van der Waals surface area contributed by atoms with Crippen molar-refractivity contribution < 1.29 is 22.7 Å². The third kappa shape index (κ3) is 3.60. The summed E-state index contributed by atoms with van der Waals surface area (Å²) in [4.78, 5) is 9.86. The Balaban J connectivity index is 3.64. The molecule has 0 N–H and O–H groups in total. The van der Waals surface area contributed by atoms with Crippen molar-refractivity contribution in [2.45, 2.75) is 6.18 Å². The lowest BCUT2D eigenvalue weighted by atomic mass is 10.7. The van der Waals surface area contributed by atoms with Crippen molar-refractivity contribution >= 4 is 17.7 Å². The number of carbonyl (C=O) groups is 1. The van der Waals surface area contributed by atoms with Crippen molar-refractivity contribution in [1.82, 2.24) is 0 Å².